The molecule has 5 rings (SSSR count). The number of piperidine rings is 1. The van der Waals surface area contributed by atoms with Crippen LogP contribution in [0.5, 0.6) is 0 Å². The molecule has 0 bridgehead atoms. The molecule has 0 spiro atoms. The minimum atomic E-state index is -2.68. The monoisotopic (exact) mass is 624 g/mol. The van der Waals surface area contributed by atoms with E-state index >= 15 is 0 Å². The number of carbonyl (C=O) groups excluding carboxylic acids is 1. The molecule has 1 aromatic carbocycles. The maximum atomic E-state index is 14.5. The number of nitrogens with zero attached hydrogens (tertiary/aromatic N) is 6. The zero-order chi connectivity index (χ0) is 32.1. The number of rotatable bonds is 11. The molecule has 1 amide bonds. The quantitative estimate of drug-likeness (QED) is 0.268. The van der Waals surface area contributed by atoms with Gasteiger partial charge in [0.05, 0.1) is 12.6 Å². The largest absolute Gasteiger partial charge is 0.404 e. The number of carbonyl (C=O) groups is 1. The maximum Gasteiger partial charge on any atom is 0.264 e. The molecule has 0 saturated carbocycles. The average Bonchev–Trinajstić information content (AvgIpc) is 3.42. The molecule has 0 aliphatic carbocycles. The van der Waals surface area contributed by atoms with Crippen molar-refractivity contribution >= 4 is 29.2 Å². The van der Waals surface area contributed by atoms with Crippen molar-refractivity contribution in [1.29, 1.82) is 0 Å². The zero-order valence-corrected chi connectivity index (χ0v) is 27.4. The summed E-state index contributed by atoms with van der Waals surface area (Å²) in [4.78, 5) is 23.1. The second-order valence-electron chi connectivity index (χ2n) is 12.8. The molecule has 9 nitrogen and oxygen atoms in total. The summed E-state index contributed by atoms with van der Waals surface area (Å²) in [5.74, 6) is 1.48. The van der Waals surface area contributed by atoms with E-state index in [0.29, 0.717) is 36.7 Å². The molecule has 1 atom stereocenters. The third kappa shape index (κ3) is 7.25. The molecule has 246 valence electrons. The molecule has 3 N–H and O–H groups in total. The summed E-state index contributed by atoms with van der Waals surface area (Å²) in [5.41, 5.74) is 10.6. The van der Waals surface area contributed by atoms with Crippen LogP contribution in [0.15, 0.2) is 23.3 Å². The highest BCUT2D eigenvalue weighted by Crippen LogP contribution is 2.42. The van der Waals surface area contributed by atoms with Crippen molar-refractivity contribution in [2.24, 2.45) is 16.6 Å². The highest BCUT2D eigenvalue weighted by Gasteiger charge is 2.34. The number of aromatic nitrogens is 2. The number of halogens is 2. The van der Waals surface area contributed by atoms with Gasteiger partial charge in [0.15, 0.2) is 5.82 Å². The number of hydrogen-bond acceptors (Lipinski definition) is 7. The van der Waals surface area contributed by atoms with Crippen LogP contribution in [0.4, 0.5) is 20.3 Å². The van der Waals surface area contributed by atoms with Gasteiger partial charge in [-0.15, -0.1) is 0 Å². The van der Waals surface area contributed by atoms with Crippen LogP contribution in [0.2, 0.25) is 0 Å². The Morgan fingerprint density at radius 1 is 1.20 bits per heavy atom. The van der Waals surface area contributed by atoms with Gasteiger partial charge in [-0.05, 0) is 74.4 Å². The molecule has 0 radical (unpaired) electrons. The van der Waals surface area contributed by atoms with Gasteiger partial charge in [0.25, 0.3) is 6.43 Å². The summed E-state index contributed by atoms with van der Waals surface area (Å²) >= 11 is 0. The predicted molar refractivity (Wildman–Crippen MR) is 177 cm³/mol. The van der Waals surface area contributed by atoms with Gasteiger partial charge >= 0.3 is 0 Å². The third-order valence-electron chi connectivity index (χ3n) is 9.67. The molecule has 1 aromatic heterocycles. The van der Waals surface area contributed by atoms with E-state index in [0.717, 1.165) is 87.5 Å². The molecule has 45 heavy (non-hydrogen) atoms. The fourth-order valence-corrected chi connectivity index (χ4v) is 7.26. The number of fused-ring (bicyclic) bond motifs is 2. The van der Waals surface area contributed by atoms with Crippen molar-refractivity contribution in [1.82, 2.24) is 24.9 Å². The standard InChI is InChI=1S/C34H50F2N8O/c1-5-39-12-8-23(2)21-41-14-9-27(10-15-41)44-31-11-16-42(24(3)45)22-30(31)34(40-44)43-13-6-7-25-17-28(26(19-37)20-38-4)29(33(35)36)18-32(25)43/h17-20,23,27,33,39H,5-16,21-22,37H2,1-4H3/b26-19+,38-20?. The van der Waals surface area contributed by atoms with Gasteiger partial charge in [-0.1, -0.05) is 13.8 Å². The van der Waals surface area contributed by atoms with E-state index in [1.807, 2.05) is 11.0 Å². The zero-order valence-electron chi connectivity index (χ0n) is 27.4. The Morgan fingerprint density at radius 3 is 2.64 bits per heavy atom. The first kappa shape index (κ1) is 33.1. The number of hydrogen-bond donors (Lipinski definition) is 2. The number of allylic oxidation sites excluding steroid dienone is 1. The summed E-state index contributed by atoms with van der Waals surface area (Å²) in [7, 11) is 1.60. The number of alkyl halides is 2. The SMILES string of the molecule is CCNCCC(C)CN1CCC(n2nc(N3CCCc4cc(/C(C=NC)=C/N)c(C(F)F)cc43)c3c2CCN(C(C)=O)C3)CC1. The molecule has 11 heteroatoms. The Bertz CT molecular complexity index is 1390. The van der Waals surface area contributed by atoms with Crippen molar-refractivity contribution in [3.8, 4) is 0 Å². The normalized spacial score (nSPS) is 19.0. The van der Waals surface area contributed by atoms with Crippen LogP contribution in [0.3, 0.4) is 0 Å². The Hall–Kier alpha value is -3.31. The highest BCUT2D eigenvalue weighted by molar-refractivity contribution is 6.10. The second-order valence-corrected chi connectivity index (χ2v) is 12.8. The van der Waals surface area contributed by atoms with E-state index in [1.165, 1.54) is 24.5 Å². The lowest BCUT2D eigenvalue weighted by atomic mass is 9.92. The van der Waals surface area contributed by atoms with Crippen molar-refractivity contribution in [2.45, 2.75) is 78.3 Å². The lowest BCUT2D eigenvalue weighted by molar-refractivity contribution is -0.129. The Morgan fingerprint density at radius 2 is 1.98 bits per heavy atom. The van der Waals surface area contributed by atoms with Crippen molar-refractivity contribution in [2.75, 3.05) is 57.8 Å². The van der Waals surface area contributed by atoms with Crippen molar-refractivity contribution < 1.29 is 13.6 Å². The molecule has 3 aliphatic rings. The first-order chi connectivity index (χ1) is 21.7. The lowest BCUT2D eigenvalue weighted by Gasteiger charge is -2.35. The minimum absolute atomic E-state index is 0.0401. The van der Waals surface area contributed by atoms with Crippen LogP contribution < -0.4 is 16.0 Å². The molecule has 2 aromatic rings. The number of likely N-dealkylation sites (tertiary alicyclic amines) is 1. The number of anilines is 2. The number of aryl methyl sites for hydroxylation is 1. The fraction of sp³-hybridized carbons (Fsp3) is 0.618. The van der Waals surface area contributed by atoms with Gasteiger partial charge < -0.3 is 25.8 Å². The maximum absolute atomic E-state index is 14.5. The molecule has 3 aliphatic heterocycles. The van der Waals surface area contributed by atoms with Crippen molar-refractivity contribution in [3.05, 3.63) is 46.3 Å². The Labute approximate surface area is 266 Å². The Balaban J connectivity index is 1.46. The first-order valence-corrected chi connectivity index (χ1v) is 16.6. The van der Waals surface area contributed by atoms with E-state index in [9.17, 15) is 13.6 Å². The summed E-state index contributed by atoms with van der Waals surface area (Å²) in [6.07, 6.45) is 5.79. The van der Waals surface area contributed by atoms with Crippen LogP contribution in [0.1, 0.15) is 86.9 Å². The first-order valence-electron chi connectivity index (χ1n) is 16.6. The van der Waals surface area contributed by atoms with Gasteiger partial charge in [-0.2, -0.15) is 5.10 Å². The Kier molecular flexibility index (Phi) is 10.9. The number of aliphatic imine (C=N–C) groups is 1. The number of nitrogens with two attached hydrogens (primary N) is 1. The van der Waals surface area contributed by atoms with E-state index < -0.39 is 6.43 Å². The molecule has 1 fully saturated rings. The highest BCUT2D eigenvalue weighted by atomic mass is 19.3. The fourth-order valence-electron chi connectivity index (χ4n) is 7.26. The van der Waals surface area contributed by atoms with Crippen LogP contribution in [-0.4, -0.2) is 84.6 Å². The van der Waals surface area contributed by atoms with Crippen LogP contribution in [0.25, 0.3) is 5.57 Å². The topological polar surface area (TPSA) is 95.0 Å². The average molecular weight is 625 g/mol. The summed E-state index contributed by atoms with van der Waals surface area (Å²) in [6, 6.07) is 3.75. The second kappa shape index (κ2) is 14.9. The lowest BCUT2D eigenvalue weighted by Crippen LogP contribution is -2.39. The van der Waals surface area contributed by atoms with Gasteiger partial charge in [0, 0.05) is 93.6 Å². The van der Waals surface area contributed by atoms with Gasteiger partial charge in [-0.25, -0.2) is 8.78 Å². The van der Waals surface area contributed by atoms with E-state index in [2.05, 4.69) is 38.6 Å². The van der Waals surface area contributed by atoms with Gasteiger partial charge in [0.1, 0.15) is 0 Å². The number of amides is 1. The van der Waals surface area contributed by atoms with E-state index in [-0.39, 0.29) is 17.5 Å². The molecule has 1 saturated heterocycles. The third-order valence-corrected chi connectivity index (χ3v) is 9.67. The van der Waals surface area contributed by atoms with Crippen LogP contribution >= 0.6 is 0 Å². The summed E-state index contributed by atoms with van der Waals surface area (Å²) in [5, 5.41) is 8.72. The van der Waals surface area contributed by atoms with Crippen LogP contribution in [0, 0.1) is 5.92 Å². The van der Waals surface area contributed by atoms with E-state index in [1.54, 1.807) is 20.0 Å². The number of nitrogens with one attached hydrogen (secondary N) is 1. The predicted octanol–water partition coefficient (Wildman–Crippen LogP) is 5.08. The van der Waals surface area contributed by atoms with Gasteiger partial charge in [-0.3, -0.25) is 14.5 Å². The van der Waals surface area contributed by atoms with Crippen LogP contribution in [-0.2, 0) is 24.2 Å². The minimum Gasteiger partial charge on any atom is -0.404 e. The smallest absolute Gasteiger partial charge is 0.264 e. The molecule has 1 unspecified atom stereocenters. The summed E-state index contributed by atoms with van der Waals surface area (Å²) in [6.45, 7) is 13.2. The number of benzene rings is 1. The summed E-state index contributed by atoms with van der Waals surface area (Å²) < 4.78 is 31.3. The van der Waals surface area contributed by atoms with E-state index in [4.69, 9.17) is 10.8 Å². The molecular formula is C34H50F2N8O. The molecular weight excluding hydrogens is 574 g/mol. The van der Waals surface area contributed by atoms with Gasteiger partial charge in [0.2, 0.25) is 5.91 Å². The van der Waals surface area contributed by atoms with Crippen molar-refractivity contribution in [3.63, 3.8) is 0 Å². The molecule has 4 heterocycles.